The van der Waals surface area contributed by atoms with Crippen LogP contribution in [-0.4, -0.2) is 17.0 Å². The lowest BCUT2D eigenvalue weighted by atomic mass is 9.88. The van der Waals surface area contributed by atoms with Crippen LogP contribution < -0.4 is 5.32 Å². The van der Waals surface area contributed by atoms with E-state index < -0.39 is 17.7 Å². The fourth-order valence-corrected chi connectivity index (χ4v) is 5.14. The minimum absolute atomic E-state index is 0.0777. The molecule has 0 fully saturated rings. The van der Waals surface area contributed by atoms with Crippen molar-refractivity contribution in [2.75, 3.05) is 5.32 Å². The Morgan fingerprint density at radius 3 is 2.54 bits per heavy atom. The first-order valence-corrected chi connectivity index (χ1v) is 9.83. The molecule has 28 heavy (non-hydrogen) atoms. The van der Waals surface area contributed by atoms with Crippen LogP contribution in [0.15, 0.2) is 42.5 Å². The molecule has 1 aliphatic rings. The highest BCUT2D eigenvalue weighted by Crippen LogP contribution is 2.50. The van der Waals surface area contributed by atoms with Gasteiger partial charge in [0.15, 0.2) is 0 Å². The van der Waals surface area contributed by atoms with Crippen molar-refractivity contribution in [1.82, 2.24) is 0 Å². The van der Waals surface area contributed by atoms with E-state index in [1.807, 2.05) is 0 Å². The number of carboxylic acids is 1. The zero-order valence-corrected chi connectivity index (χ0v) is 16.5. The monoisotopic (exact) mass is 435 g/mol. The van der Waals surface area contributed by atoms with Crippen molar-refractivity contribution in [3.05, 3.63) is 73.6 Å². The summed E-state index contributed by atoms with van der Waals surface area (Å²) < 4.78 is 13.3. The molecule has 1 aromatic heterocycles. The van der Waals surface area contributed by atoms with Crippen LogP contribution in [0.25, 0.3) is 11.1 Å². The number of benzene rings is 2. The summed E-state index contributed by atoms with van der Waals surface area (Å²) in [4.78, 5) is 25.1. The Kier molecular flexibility index (Phi) is 4.87. The largest absolute Gasteiger partial charge is 0.477 e. The molecule has 4 nitrogen and oxygen atoms in total. The number of carboxylic acid groups (broad SMARTS) is 1. The zero-order valence-electron chi connectivity index (χ0n) is 14.1. The number of carbonyl (C=O) groups excluding carboxylic acids is 1. The molecule has 3 aromatic rings. The van der Waals surface area contributed by atoms with E-state index in [2.05, 4.69) is 5.32 Å². The van der Waals surface area contributed by atoms with Gasteiger partial charge in [-0.1, -0.05) is 41.4 Å². The molecular formula is C20H12Cl2FNO3S. The lowest BCUT2D eigenvalue weighted by molar-refractivity contribution is -0.116. The number of hydrogen-bond donors (Lipinski definition) is 2. The average Bonchev–Trinajstić information content (AvgIpc) is 3.01. The molecule has 8 heteroatoms. The quantitative estimate of drug-likeness (QED) is 0.527. The molecule has 0 bridgehead atoms. The maximum Gasteiger partial charge on any atom is 0.346 e. The Balaban J connectivity index is 1.94. The first-order valence-electron chi connectivity index (χ1n) is 8.26. The molecule has 2 heterocycles. The number of amides is 1. The molecule has 0 radical (unpaired) electrons. The SMILES string of the molecule is O=C1C[C@H](c2ccc(Cl)cc2Cl)c2sc(C(=O)O)c(-c3ccc(F)cc3)c2N1. The van der Waals surface area contributed by atoms with Crippen LogP contribution in [0.1, 0.15) is 32.5 Å². The van der Waals surface area contributed by atoms with Crippen LogP contribution >= 0.6 is 34.5 Å². The van der Waals surface area contributed by atoms with Gasteiger partial charge in [0, 0.05) is 32.8 Å². The molecule has 142 valence electrons. The first kappa shape index (κ1) is 18.9. The smallest absolute Gasteiger partial charge is 0.346 e. The number of carbonyl (C=O) groups is 2. The van der Waals surface area contributed by atoms with E-state index in [1.54, 1.807) is 18.2 Å². The summed E-state index contributed by atoms with van der Waals surface area (Å²) >= 11 is 13.4. The maximum atomic E-state index is 13.3. The molecule has 1 atom stereocenters. The van der Waals surface area contributed by atoms with E-state index >= 15 is 0 Å². The molecule has 0 spiro atoms. The number of thiophene rings is 1. The van der Waals surface area contributed by atoms with E-state index in [0.29, 0.717) is 37.3 Å². The minimum Gasteiger partial charge on any atom is -0.477 e. The number of nitrogens with one attached hydrogen (secondary N) is 1. The summed E-state index contributed by atoms with van der Waals surface area (Å²) in [5.41, 5.74) is 2.02. The normalized spacial score (nSPS) is 15.8. The van der Waals surface area contributed by atoms with Crippen molar-refractivity contribution in [2.45, 2.75) is 12.3 Å². The van der Waals surface area contributed by atoms with Crippen LogP contribution in [0.4, 0.5) is 10.1 Å². The second-order valence-electron chi connectivity index (χ2n) is 6.33. The number of fused-ring (bicyclic) bond motifs is 1. The van der Waals surface area contributed by atoms with Crippen molar-refractivity contribution >= 4 is 52.1 Å². The van der Waals surface area contributed by atoms with Crippen LogP contribution in [0.2, 0.25) is 10.0 Å². The summed E-state index contributed by atoms with van der Waals surface area (Å²) in [5, 5.41) is 13.4. The van der Waals surface area contributed by atoms with Gasteiger partial charge in [-0.15, -0.1) is 11.3 Å². The molecule has 0 saturated heterocycles. The molecular weight excluding hydrogens is 424 g/mol. The molecule has 2 N–H and O–H groups in total. The third kappa shape index (κ3) is 3.28. The van der Waals surface area contributed by atoms with Gasteiger partial charge in [0.05, 0.1) is 5.69 Å². The van der Waals surface area contributed by atoms with Crippen LogP contribution in [0.3, 0.4) is 0 Å². The van der Waals surface area contributed by atoms with Gasteiger partial charge in [-0.3, -0.25) is 4.79 Å². The van der Waals surface area contributed by atoms with Gasteiger partial charge in [0.1, 0.15) is 10.7 Å². The summed E-state index contributed by atoms with van der Waals surface area (Å²) in [5.74, 6) is -2.19. The summed E-state index contributed by atoms with van der Waals surface area (Å²) in [6.07, 6.45) is 0.136. The predicted octanol–water partition coefficient (Wildman–Crippen LogP) is 6.03. The Labute approximate surface area is 173 Å². The average molecular weight is 436 g/mol. The second-order valence-corrected chi connectivity index (χ2v) is 8.22. The Morgan fingerprint density at radius 1 is 1.18 bits per heavy atom. The molecule has 1 aliphatic heterocycles. The van der Waals surface area contributed by atoms with Crippen molar-refractivity contribution < 1.29 is 19.1 Å². The van der Waals surface area contributed by atoms with Gasteiger partial charge >= 0.3 is 5.97 Å². The van der Waals surface area contributed by atoms with E-state index in [-0.39, 0.29) is 17.2 Å². The number of hydrogen-bond acceptors (Lipinski definition) is 3. The number of rotatable bonds is 3. The number of aromatic carboxylic acids is 1. The van der Waals surface area contributed by atoms with Crippen molar-refractivity contribution in [2.24, 2.45) is 0 Å². The van der Waals surface area contributed by atoms with Crippen molar-refractivity contribution in [3.63, 3.8) is 0 Å². The van der Waals surface area contributed by atoms with E-state index in [4.69, 9.17) is 23.2 Å². The topological polar surface area (TPSA) is 66.4 Å². The lowest BCUT2D eigenvalue weighted by Crippen LogP contribution is -2.22. The predicted molar refractivity (Wildman–Crippen MR) is 108 cm³/mol. The Morgan fingerprint density at radius 2 is 1.89 bits per heavy atom. The van der Waals surface area contributed by atoms with Gasteiger partial charge < -0.3 is 10.4 Å². The highest BCUT2D eigenvalue weighted by Gasteiger charge is 2.35. The highest BCUT2D eigenvalue weighted by molar-refractivity contribution is 7.15. The zero-order chi connectivity index (χ0) is 20.0. The summed E-state index contributed by atoms with van der Waals surface area (Å²) in [7, 11) is 0. The van der Waals surface area contributed by atoms with E-state index in [0.717, 1.165) is 11.3 Å². The fraction of sp³-hybridized carbons (Fsp3) is 0.100. The standard InChI is InChI=1S/C20H12Cl2FNO3S/c21-10-3-6-12(14(22)7-10)13-8-15(25)24-17-16(9-1-4-11(23)5-2-9)19(20(26)27)28-18(13)17/h1-7,13H,8H2,(H,24,25)(H,26,27)/t13-/m1/s1. The van der Waals surface area contributed by atoms with Crippen LogP contribution in [-0.2, 0) is 4.79 Å². The van der Waals surface area contributed by atoms with Gasteiger partial charge in [0.2, 0.25) is 5.91 Å². The molecule has 1 amide bonds. The Hall–Kier alpha value is -2.41. The number of anilines is 1. The molecule has 0 unspecified atom stereocenters. The third-order valence-corrected chi connectivity index (χ3v) is 6.42. The van der Waals surface area contributed by atoms with Gasteiger partial charge in [-0.2, -0.15) is 0 Å². The third-order valence-electron chi connectivity index (χ3n) is 4.57. The summed E-state index contributed by atoms with van der Waals surface area (Å²) in [6, 6.07) is 10.5. The minimum atomic E-state index is -1.12. The summed E-state index contributed by atoms with van der Waals surface area (Å²) in [6.45, 7) is 0. The second kappa shape index (κ2) is 7.20. The lowest BCUT2D eigenvalue weighted by Gasteiger charge is -2.24. The van der Waals surface area contributed by atoms with Gasteiger partial charge in [-0.25, -0.2) is 9.18 Å². The molecule has 4 rings (SSSR count). The van der Waals surface area contributed by atoms with Gasteiger partial charge in [0.25, 0.3) is 0 Å². The fourth-order valence-electron chi connectivity index (χ4n) is 3.36. The molecule has 2 aromatic carbocycles. The van der Waals surface area contributed by atoms with E-state index in [9.17, 15) is 19.1 Å². The number of halogens is 3. The first-order chi connectivity index (χ1) is 13.3. The maximum absolute atomic E-state index is 13.3. The van der Waals surface area contributed by atoms with E-state index in [1.165, 1.54) is 24.3 Å². The highest BCUT2D eigenvalue weighted by atomic mass is 35.5. The van der Waals surface area contributed by atoms with Crippen molar-refractivity contribution in [1.29, 1.82) is 0 Å². The van der Waals surface area contributed by atoms with Gasteiger partial charge in [-0.05, 0) is 35.4 Å². The van der Waals surface area contributed by atoms with Crippen LogP contribution in [0.5, 0.6) is 0 Å². The van der Waals surface area contributed by atoms with Crippen LogP contribution in [0, 0.1) is 5.82 Å². The van der Waals surface area contributed by atoms with Crippen molar-refractivity contribution in [3.8, 4) is 11.1 Å². The Bertz CT molecular complexity index is 1110. The molecule has 0 aliphatic carbocycles. The molecule has 0 saturated carbocycles.